The summed E-state index contributed by atoms with van der Waals surface area (Å²) in [5.74, 6) is -1.94. The lowest BCUT2D eigenvalue weighted by atomic mass is 10.2. The van der Waals surface area contributed by atoms with Crippen molar-refractivity contribution in [3.63, 3.8) is 0 Å². The smallest absolute Gasteiger partial charge is 0.167 e. The molecule has 12 heavy (non-hydrogen) atoms. The number of benzene rings is 1. The maximum absolute atomic E-state index is 12.9. The molecule has 0 saturated heterocycles. The van der Waals surface area contributed by atoms with Crippen molar-refractivity contribution in [3.05, 3.63) is 27.7 Å². The highest BCUT2D eigenvalue weighted by Gasteiger charge is 2.14. The second-order valence-electron chi connectivity index (χ2n) is 2.05. The van der Waals surface area contributed by atoms with Gasteiger partial charge in [0.15, 0.2) is 5.82 Å². The number of hydrogen-bond donors (Lipinski definition) is 1. The Bertz CT molecular complexity index is 371. The van der Waals surface area contributed by atoms with E-state index in [9.17, 15) is 8.78 Å². The van der Waals surface area contributed by atoms with E-state index in [0.717, 1.165) is 6.07 Å². The van der Waals surface area contributed by atoms with Gasteiger partial charge in [0.25, 0.3) is 0 Å². The summed E-state index contributed by atoms with van der Waals surface area (Å²) in [7, 11) is 0. The highest BCUT2D eigenvalue weighted by Crippen LogP contribution is 2.26. The van der Waals surface area contributed by atoms with Gasteiger partial charge < -0.3 is 5.73 Å². The van der Waals surface area contributed by atoms with E-state index in [-0.39, 0.29) is 10.2 Å². The van der Waals surface area contributed by atoms with Crippen LogP contribution >= 0.6 is 15.9 Å². The number of nitrogens with two attached hydrogens (primary N) is 1. The van der Waals surface area contributed by atoms with Crippen LogP contribution in [0.15, 0.2) is 10.5 Å². The highest BCUT2D eigenvalue weighted by molar-refractivity contribution is 9.10. The van der Waals surface area contributed by atoms with Crippen molar-refractivity contribution in [3.8, 4) is 6.07 Å². The highest BCUT2D eigenvalue weighted by atomic mass is 79.9. The predicted octanol–water partition coefficient (Wildman–Crippen LogP) is 2.18. The maximum atomic E-state index is 12.9. The number of nitriles is 1. The Hall–Kier alpha value is -1.15. The van der Waals surface area contributed by atoms with E-state index in [1.807, 2.05) is 0 Å². The summed E-state index contributed by atoms with van der Waals surface area (Å²) in [5.41, 5.74) is 4.27. The topological polar surface area (TPSA) is 49.8 Å². The van der Waals surface area contributed by atoms with E-state index in [1.165, 1.54) is 6.07 Å². The fourth-order valence-electron chi connectivity index (χ4n) is 0.708. The molecule has 0 aliphatic carbocycles. The Labute approximate surface area is 75.7 Å². The third-order valence-corrected chi connectivity index (χ3v) is 1.97. The van der Waals surface area contributed by atoms with Crippen LogP contribution < -0.4 is 5.73 Å². The fourth-order valence-corrected chi connectivity index (χ4v) is 1.08. The first-order valence-electron chi connectivity index (χ1n) is 2.91. The van der Waals surface area contributed by atoms with Gasteiger partial charge in [0, 0.05) is 4.47 Å². The first-order valence-corrected chi connectivity index (χ1v) is 3.70. The first kappa shape index (κ1) is 8.94. The Morgan fingerprint density at radius 2 is 2.08 bits per heavy atom. The van der Waals surface area contributed by atoms with Crippen LogP contribution in [0.1, 0.15) is 5.56 Å². The molecular formula is C7H3BrF2N2. The molecule has 1 aromatic rings. The van der Waals surface area contributed by atoms with Crippen LogP contribution in [0.2, 0.25) is 0 Å². The molecule has 0 atom stereocenters. The Morgan fingerprint density at radius 1 is 1.50 bits per heavy atom. The van der Waals surface area contributed by atoms with Crippen LogP contribution in [0.5, 0.6) is 0 Å². The van der Waals surface area contributed by atoms with Gasteiger partial charge in [-0.15, -0.1) is 0 Å². The zero-order valence-corrected chi connectivity index (χ0v) is 7.32. The van der Waals surface area contributed by atoms with E-state index in [4.69, 9.17) is 11.0 Å². The number of halogens is 3. The van der Waals surface area contributed by atoms with Crippen molar-refractivity contribution in [2.24, 2.45) is 0 Å². The molecule has 5 heteroatoms. The van der Waals surface area contributed by atoms with Gasteiger partial charge in [-0.25, -0.2) is 8.78 Å². The summed E-state index contributed by atoms with van der Waals surface area (Å²) in [6.45, 7) is 0. The van der Waals surface area contributed by atoms with Crippen LogP contribution in [0.25, 0.3) is 0 Å². The van der Waals surface area contributed by atoms with Crippen LogP contribution in [0, 0.1) is 23.0 Å². The third-order valence-electron chi connectivity index (χ3n) is 1.32. The summed E-state index contributed by atoms with van der Waals surface area (Å²) in [6.07, 6.45) is 0. The molecule has 0 heterocycles. The number of nitrogens with zero attached hydrogens (tertiary/aromatic N) is 1. The minimum Gasteiger partial charge on any atom is -0.395 e. The van der Waals surface area contributed by atoms with Crippen LogP contribution in [0.3, 0.4) is 0 Å². The molecule has 0 radical (unpaired) electrons. The molecule has 2 N–H and O–H groups in total. The van der Waals surface area contributed by atoms with Crippen LogP contribution in [-0.2, 0) is 0 Å². The molecule has 0 amide bonds. The molecule has 0 fully saturated rings. The summed E-state index contributed by atoms with van der Waals surface area (Å²) < 4.78 is 25.8. The van der Waals surface area contributed by atoms with Gasteiger partial charge in [-0.05, 0) is 22.0 Å². The first-order chi connectivity index (χ1) is 5.57. The van der Waals surface area contributed by atoms with Gasteiger partial charge in [0.1, 0.15) is 17.4 Å². The van der Waals surface area contributed by atoms with Crippen molar-refractivity contribution in [2.75, 3.05) is 5.73 Å². The van der Waals surface area contributed by atoms with Crippen LogP contribution in [-0.4, -0.2) is 0 Å². The molecule has 0 aliphatic rings. The number of nitrogen functional groups attached to an aromatic ring is 1. The van der Waals surface area contributed by atoms with Crippen molar-refractivity contribution in [1.29, 1.82) is 5.26 Å². The average Bonchev–Trinajstić information content (AvgIpc) is 2.01. The standard InChI is InChI=1S/C7H3BrF2N2/c8-4-1-5(9)3(2-11)6(10)7(4)12/h1H,12H2. The Balaban J connectivity index is 3.54. The van der Waals surface area contributed by atoms with Gasteiger partial charge in [-0.1, -0.05) is 0 Å². The van der Waals surface area contributed by atoms with Crippen molar-refractivity contribution >= 4 is 21.6 Å². The average molecular weight is 233 g/mol. The molecule has 0 unspecified atom stereocenters. The molecule has 2 nitrogen and oxygen atoms in total. The van der Waals surface area contributed by atoms with Crippen molar-refractivity contribution < 1.29 is 8.78 Å². The molecule has 62 valence electrons. The normalized spacial score (nSPS) is 9.50. The van der Waals surface area contributed by atoms with Gasteiger partial charge >= 0.3 is 0 Å². The second kappa shape index (κ2) is 3.07. The summed E-state index contributed by atoms with van der Waals surface area (Å²) >= 11 is 2.85. The van der Waals surface area contributed by atoms with Gasteiger partial charge in [0.2, 0.25) is 0 Å². The fraction of sp³-hybridized carbons (Fsp3) is 0. The monoisotopic (exact) mass is 232 g/mol. The SMILES string of the molecule is N#Cc1c(F)cc(Br)c(N)c1F. The molecule has 1 aromatic carbocycles. The molecule has 0 bridgehead atoms. The molecule has 0 aromatic heterocycles. The van der Waals surface area contributed by atoms with Gasteiger partial charge in [-0.2, -0.15) is 5.26 Å². The third kappa shape index (κ3) is 1.25. The number of rotatable bonds is 0. The zero-order valence-electron chi connectivity index (χ0n) is 5.74. The quantitative estimate of drug-likeness (QED) is 0.698. The van der Waals surface area contributed by atoms with Crippen molar-refractivity contribution in [2.45, 2.75) is 0 Å². The predicted molar refractivity (Wildman–Crippen MR) is 43.2 cm³/mol. The number of hydrogen-bond acceptors (Lipinski definition) is 2. The molecular weight excluding hydrogens is 230 g/mol. The summed E-state index contributed by atoms with van der Waals surface area (Å²) in [5, 5.41) is 8.31. The van der Waals surface area contributed by atoms with E-state index in [0.29, 0.717) is 0 Å². The second-order valence-corrected chi connectivity index (χ2v) is 2.91. The van der Waals surface area contributed by atoms with Gasteiger partial charge in [-0.3, -0.25) is 0 Å². The molecule has 0 spiro atoms. The van der Waals surface area contributed by atoms with Gasteiger partial charge in [0.05, 0.1) is 5.69 Å². The molecule has 1 rings (SSSR count). The minimum atomic E-state index is -1.02. The maximum Gasteiger partial charge on any atom is 0.167 e. The lowest BCUT2D eigenvalue weighted by molar-refractivity contribution is 0.578. The van der Waals surface area contributed by atoms with E-state index in [2.05, 4.69) is 15.9 Å². The Morgan fingerprint density at radius 3 is 2.58 bits per heavy atom. The van der Waals surface area contributed by atoms with Crippen molar-refractivity contribution in [1.82, 2.24) is 0 Å². The molecule has 0 saturated carbocycles. The minimum absolute atomic E-state index is 0.108. The zero-order chi connectivity index (χ0) is 9.30. The Kier molecular flexibility index (Phi) is 2.29. The summed E-state index contributed by atoms with van der Waals surface area (Å²) in [4.78, 5) is 0. The lowest BCUT2D eigenvalue weighted by Gasteiger charge is -2.01. The van der Waals surface area contributed by atoms with E-state index in [1.54, 1.807) is 0 Å². The number of anilines is 1. The lowest BCUT2D eigenvalue weighted by Crippen LogP contribution is -1.98. The van der Waals surface area contributed by atoms with E-state index >= 15 is 0 Å². The van der Waals surface area contributed by atoms with E-state index < -0.39 is 17.2 Å². The molecule has 0 aliphatic heterocycles. The summed E-state index contributed by atoms with van der Waals surface area (Å²) in [6, 6.07) is 2.34. The van der Waals surface area contributed by atoms with Crippen LogP contribution in [0.4, 0.5) is 14.5 Å². The largest absolute Gasteiger partial charge is 0.395 e.